The Hall–Kier alpha value is -2.80. The Labute approximate surface area is 150 Å². The van der Waals surface area contributed by atoms with E-state index in [2.05, 4.69) is 20.5 Å². The van der Waals surface area contributed by atoms with Gasteiger partial charge in [-0.05, 0) is 24.6 Å². The number of hydrogen-bond acceptors (Lipinski definition) is 5. The third-order valence-corrected chi connectivity index (χ3v) is 4.55. The van der Waals surface area contributed by atoms with Gasteiger partial charge in [0.15, 0.2) is 5.16 Å². The summed E-state index contributed by atoms with van der Waals surface area (Å²) in [5.41, 5.74) is 1.53. The first kappa shape index (κ1) is 17.0. The molecule has 0 spiro atoms. The number of carbonyl (C=O) groups excluding carboxylic acids is 1. The van der Waals surface area contributed by atoms with E-state index in [9.17, 15) is 4.79 Å². The number of carbonyl (C=O) groups is 1. The molecule has 0 saturated heterocycles. The van der Waals surface area contributed by atoms with Gasteiger partial charge >= 0.3 is 0 Å². The highest BCUT2D eigenvalue weighted by Gasteiger charge is 2.24. The Morgan fingerprint density at radius 2 is 1.96 bits per heavy atom. The molecule has 2 N–H and O–H groups in total. The van der Waals surface area contributed by atoms with Gasteiger partial charge in [0.1, 0.15) is 17.3 Å². The van der Waals surface area contributed by atoms with Gasteiger partial charge in [-0.2, -0.15) is 5.10 Å². The third-order valence-electron chi connectivity index (χ3n) is 3.41. The number of aromatic amines is 1. The fourth-order valence-electron chi connectivity index (χ4n) is 2.31. The molecule has 1 amide bonds. The number of anilines is 1. The van der Waals surface area contributed by atoms with Gasteiger partial charge in [-0.25, -0.2) is 4.98 Å². The van der Waals surface area contributed by atoms with Crippen molar-refractivity contribution in [1.82, 2.24) is 15.2 Å². The van der Waals surface area contributed by atoms with Crippen molar-refractivity contribution in [2.45, 2.75) is 17.3 Å². The molecule has 0 aliphatic rings. The lowest BCUT2D eigenvalue weighted by molar-refractivity contribution is -0.115. The predicted molar refractivity (Wildman–Crippen MR) is 97.7 cm³/mol. The molecule has 1 heterocycles. The number of para-hydroxylation sites is 2. The lowest BCUT2D eigenvalue weighted by atomic mass is 10.1. The topological polar surface area (TPSA) is 79.9 Å². The Morgan fingerprint density at radius 1 is 1.20 bits per heavy atom. The molecule has 0 aliphatic carbocycles. The fourth-order valence-corrected chi connectivity index (χ4v) is 3.21. The minimum absolute atomic E-state index is 0.153. The molecule has 6 nitrogen and oxygen atoms in total. The van der Waals surface area contributed by atoms with Crippen LogP contribution >= 0.6 is 11.8 Å². The summed E-state index contributed by atoms with van der Waals surface area (Å²) in [5.74, 6) is 0.495. The first-order valence-corrected chi connectivity index (χ1v) is 8.75. The van der Waals surface area contributed by atoms with Crippen LogP contribution in [-0.4, -0.2) is 27.7 Å². The summed E-state index contributed by atoms with van der Waals surface area (Å²) in [5, 5.41) is 9.70. The zero-order valence-corrected chi connectivity index (χ0v) is 14.5. The molecule has 0 unspecified atom stereocenters. The monoisotopic (exact) mass is 354 g/mol. The van der Waals surface area contributed by atoms with E-state index in [1.165, 1.54) is 18.1 Å². The van der Waals surface area contributed by atoms with Gasteiger partial charge in [0.25, 0.3) is 0 Å². The van der Waals surface area contributed by atoms with Gasteiger partial charge in [-0.3, -0.25) is 9.89 Å². The number of rotatable bonds is 7. The van der Waals surface area contributed by atoms with Crippen LogP contribution in [0, 0.1) is 0 Å². The average Bonchev–Trinajstić information content (AvgIpc) is 3.15. The minimum Gasteiger partial charge on any atom is -0.492 e. The second-order valence-electron chi connectivity index (χ2n) is 5.12. The molecule has 0 aliphatic heterocycles. The van der Waals surface area contributed by atoms with Crippen molar-refractivity contribution in [3.05, 3.63) is 66.5 Å². The summed E-state index contributed by atoms with van der Waals surface area (Å²) in [4.78, 5) is 17.1. The van der Waals surface area contributed by atoms with E-state index in [4.69, 9.17) is 4.74 Å². The number of H-pyrrole nitrogens is 1. The zero-order valence-electron chi connectivity index (χ0n) is 13.7. The highest BCUT2D eigenvalue weighted by Crippen LogP contribution is 2.35. The highest BCUT2D eigenvalue weighted by molar-refractivity contribution is 8.00. The molecule has 25 heavy (non-hydrogen) atoms. The van der Waals surface area contributed by atoms with E-state index in [1.807, 2.05) is 61.5 Å². The van der Waals surface area contributed by atoms with Gasteiger partial charge in [-0.15, -0.1) is 0 Å². The van der Waals surface area contributed by atoms with Crippen LogP contribution in [0.3, 0.4) is 0 Å². The van der Waals surface area contributed by atoms with E-state index in [0.717, 1.165) is 5.56 Å². The standard InChI is InChI=1S/C18H18N4O2S/c1-2-24-15-11-7-6-10-14(15)21-17(23)16(13-8-4-3-5-9-13)25-18-19-12-20-22-18/h3-12,16H,2H2,1H3,(H,21,23)(H,19,20,22)/t16-/m1/s1. The van der Waals surface area contributed by atoms with E-state index < -0.39 is 5.25 Å². The number of aromatic nitrogens is 3. The van der Waals surface area contributed by atoms with Crippen LogP contribution in [0.15, 0.2) is 66.1 Å². The largest absolute Gasteiger partial charge is 0.492 e. The molecule has 0 radical (unpaired) electrons. The number of hydrogen-bond donors (Lipinski definition) is 2. The van der Waals surface area contributed by atoms with Gasteiger partial charge in [0.05, 0.1) is 12.3 Å². The summed E-state index contributed by atoms with van der Waals surface area (Å²) in [6.07, 6.45) is 1.42. The number of benzene rings is 2. The quantitative estimate of drug-likeness (QED) is 0.633. The van der Waals surface area contributed by atoms with Gasteiger partial charge in [0, 0.05) is 0 Å². The minimum atomic E-state index is -0.469. The number of nitrogens with zero attached hydrogens (tertiary/aromatic N) is 2. The van der Waals surface area contributed by atoms with E-state index in [0.29, 0.717) is 23.2 Å². The summed E-state index contributed by atoms with van der Waals surface area (Å²) >= 11 is 1.31. The van der Waals surface area contributed by atoms with Crippen LogP contribution < -0.4 is 10.1 Å². The number of ether oxygens (including phenoxy) is 1. The number of amides is 1. The SMILES string of the molecule is CCOc1ccccc1NC(=O)[C@H](Sc1ncn[nH]1)c1ccccc1. The first-order valence-electron chi connectivity index (χ1n) is 7.87. The van der Waals surface area contributed by atoms with Crippen molar-refractivity contribution >= 4 is 23.4 Å². The number of thioether (sulfide) groups is 1. The highest BCUT2D eigenvalue weighted by atomic mass is 32.2. The van der Waals surface area contributed by atoms with Crippen LogP contribution in [0.4, 0.5) is 5.69 Å². The maximum atomic E-state index is 12.9. The van der Waals surface area contributed by atoms with Crippen LogP contribution in [0.1, 0.15) is 17.7 Å². The Bertz CT molecular complexity index is 809. The Kier molecular flexibility index (Phi) is 5.69. The molecular weight excluding hydrogens is 336 g/mol. The first-order chi connectivity index (χ1) is 12.3. The molecule has 128 valence electrons. The van der Waals surface area contributed by atoms with E-state index in [1.54, 1.807) is 0 Å². The second-order valence-corrected chi connectivity index (χ2v) is 6.21. The van der Waals surface area contributed by atoms with E-state index >= 15 is 0 Å². The number of nitrogens with one attached hydrogen (secondary N) is 2. The van der Waals surface area contributed by atoms with Crippen molar-refractivity contribution in [1.29, 1.82) is 0 Å². The van der Waals surface area contributed by atoms with Crippen LogP contribution in [0.5, 0.6) is 5.75 Å². The maximum absolute atomic E-state index is 12.9. The third kappa shape index (κ3) is 4.39. The van der Waals surface area contributed by atoms with Crippen molar-refractivity contribution in [2.24, 2.45) is 0 Å². The molecule has 3 rings (SSSR count). The maximum Gasteiger partial charge on any atom is 0.242 e. The molecule has 2 aromatic carbocycles. The zero-order chi connectivity index (χ0) is 17.5. The van der Waals surface area contributed by atoms with Crippen LogP contribution in [-0.2, 0) is 4.79 Å². The lowest BCUT2D eigenvalue weighted by Crippen LogP contribution is -2.19. The average molecular weight is 354 g/mol. The fraction of sp³-hybridized carbons (Fsp3) is 0.167. The normalized spacial score (nSPS) is 11.7. The molecule has 0 bridgehead atoms. The van der Waals surface area contributed by atoms with Crippen molar-refractivity contribution < 1.29 is 9.53 Å². The molecule has 1 atom stereocenters. The lowest BCUT2D eigenvalue weighted by Gasteiger charge is -2.17. The van der Waals surface area contributed by atoms with Gasteiger partial charge in [-0.1, -0.05) is 54.2 Å². The Morgan fingerprint density at radius 3 is 2.68 bits per heavy atom. The molecule has 1 aromatic heterocycles. The van der Waals surface area contributed by atoms with Crippen LogP contribution in [0.2, 0.25) is 0 Å². The van der Waals surface area contributed by atoms with Crippen LogP contribution in [0.25, 0.3) is 0 Å². The summed E-state index contributed by atoms with van der Waals surface area (Å²) in [7, 11) is 0. The molecule has 3 aromatic rings. The second kappa shape index (κ2) is 8.34. The van der Waals surface area contributed by atoms with Gasteiger partial charge < -0.3 is 10.1 Å². The van der Waals surface area contributed by atoms with Crippen molar-refractivity contribution in [3.63, 3.8) is 0 Å². The van der Waals surface area contributed by atoms with Gasteiger partial charge in [0.2, 0.25) is 5.91 Å². The summed E-state index contributed by atoms with van der Waals surface area (Å²) in [6.45, 7) is 2.44. The molecule has 0 saturated carbocycles. The summed E-state index contributed by atoms with van der Waals surface area (Å²) in [6, 6.07) is 17.0. The molecule has 7 heteroatoms. The molecule has 0 fully saturated rings. The Balaban J connectivity index is 1.84. The van der Waals surface area contributed by atoms with Crippen molar-refractivity contribution in [2.75, 3.05) is 11.9 Å². The summed E-state index contributed by atoms with van der Waals surface area (Å²) < 4.78 is 5.58. The van der Waals surface area contributed by atoms with E-state index in [-0.39, 0.29) is 5.91 Å². The predicted octanol–water partition coefficient (Wildman–Crippen LogP) is 3.68. The van der Waals surface area contributed by atoms with Crippen molar-refractivity contribution in [3.8, 4) is 5.75 Å². The smallest absolute Gasteiger partial charge is 0.242 e. The molecular formula is C18H18N4O2S.